The van der Waals surface area contributed by atoms with Crippen molar-refractivity contribution in [2.24, 2.45) is 17.8 Å². The van der Waals surface area contributed by atoms with Gasteiger partial charge in [-0.3, -0.25) is 14.4 Å². The van der Waals surface area contributed by atoms with Gasteiger partial charge in [0.25, 0.3) is 0 Å². The number of rotatable bonds is 36. The molecule has 0 aromatic carbocycles. The van der Waals surface area contributed by atoms with Crippen LogP contribution in [0.15, 0.2) is 0 Å². The monoisotopic (exact) mass is 695 g/mol. The van der Waals surface area contributed by atoms with Crippen molar-refractivity contribution in [3.8, 4) is 0 Å². The van der Waals surface area contributed by atoms with Crippen molar-refractivity contribution >= 4 is 17.9 Å². The van der Waals surface area contributed by atoms with Gasteiger partial charge in [0.05, 0.1) is 0 Å². The van der Waals surface area contributed by atoms with E-state index in [4.69, 9.17) is 14.2 Å². The fourth-order valence-electron chi connectivity index (χ4n) is 6.17. The third-order valence-corrected chi connectivity index (χ3v) is 9.40. The Balaban J connectivity index is 4.33. The number of hydrogen-bond donors (Lipinski definition) is 0. The van der Waals surface area contributed by atoms with Crippen LogP contribution in [0, 0.1) is 17.8 Å². The highest BCUT2D eigenvalue weighted by molar-refractivity contribution is 5.71. The second-order valence-corrected chi connectivity index (χ2v) is 16.1. The lowest BCUT2D eigenvalue weighted by Crippen LogP contribution is -2.30. The number of esters is 3. The Morgan fingerprint density at radius 2 is 0.592 bits per heavy atom. The van der Waals surface area contributed by atoms with Crippen LogP contribution in [-0.2, 0) is 28.6 Å². The molecule has 0 fully saturated rings. The number of hydrogen-bond acceptors (Lipinski definition) is 6. The summed E-state index contributed by atoms with van der Waals surface area (Å²) in [5.74, 6) is 1.47. The van der Waals surface area contributed by atoms with Crippen LogP contribution in [0.4, 0.5) is 0 Å². The fraction of sp³-hybridized carbons (Fsp3) is 0.930. The van der Waals surface area contributed by atoms with E-state index in [0.29, 0.717) is 19.3 Å². The van der Waals surface area contributed by atoms with Gasteiger partial charge in [-0.2, -0.15) is 0 Å². The zero-order chi connectivity index (χ0) is 36.4. The van der Waals surface area contributed by atoms with Crippen molar-refractivity contribution in [3.05, 3.63) is 0 Å². The van der Waals surface area contributed by atoms with E-state index >= 15 is 0 Å². The molecule has 0 aromatic rings. The van der Waals surface area contributed by atoms with Crippen LogP contribution >= 0.6 is 0 Å². The zero-order valence-corrected chi connectivity index (χ0v) is 33.5. The number of ether oxygens (including phenoxy) is 3. The Morgan fingerprint density at radius 3 is 0.878 bits per heavy atom. The number of unbranched alkanes of at least 4 members (excludes halogenated alkanes) is 19. The Bertz CT molecular complexity index is 761. The summed E-state index contributed by atoms with van der Waals surface area (Å²) >= 11 is 0. The molecule has 49 heavy (non-hydrogen) atoms. The van der Waals surface area contributed by atoms with Crippen LogP contribution in [-0.4, -0.2) is 37.2 Å². The molecule has 0 radical (unpaired) electrons. The third-order valence-electron chi connectivity index (χ3n) is 9.40. The normalized spacial score (nSPS) is 12.2. The molecule has 0 rings (SSSR count). The maximum atomic E-state index is 12.6. The van der Waals surface area contributed by atoms with Crippen molar-refractivity contribution in [2.75, 3.05) is 13.2 Å². The Kier molecular flexibility index (Phi) is 33.7. The molecule has 0 saturated heterocycles. The van der Waals surface area contributed by atoms with Gasteiger partial charge in [0.2, 0.25) is 0 Å². The molecule has 0 N–H and O–H groups in total. The molecule has 290 valence electrons. The van der Waals surface area contributed by atoms with Gasteiger partial charge in [-0.25, -0.2) is 0 Å². The minimum Gasteiger partial charge on any atom is -0.462 e. The molecule has 0 bridgehead atoms. The van der Waals surface area contributed by atoms with Crippen LogP contribution in [0.2, 0.25) is 0 Å². The van der Waals surface area contributed by atoms with Crippen LogP contribution in [0.1, 0.15) is 221 Å². The van der Waals surface area contributed by atoms with Gasteiger partial charge in [-0.15, -0.1) is 0 Å². The van der Waals surface area contributed by atoms with Gasteiger partial charge in [0, 0.05) is 19.3 Å². The molecule has 0 aliphatic heterocycles. The Morgan fingerprint density at radius 1 is 0.347 bits per heavy atom. The minimum absolute atomic E-state index is 0.0682. The Labute approximate surface area is 304 Å². The molecule has 6 nitrogen and oxygen atoms in total. The summed E-state index contributed by atoms with van der Waals surface area (Å²) in [5, 5.41) is 0. The summed E-state index contributed by atoms with van der Waals surface area (Å²) in [6, 6.07) is 0. The van der Waals surface area contributed by atoms with E-state index < -0.39 is 6.10 Å². The summed E-state index contributed by atoms with van der Waals surface area (Å²) < 4.78 is 16.6. The van der Waals surface area contributed by atoms with Crippen LogP contribution in [0.3, 0.4) is 0 Å². The van der Waals surface area contributed by atoms with Crippen molar-refractivity contribution in [1.29, 1.82) is 0 Å². The van der Waals surface area contributed by atoms with Crippen molar-refractivity contribution in [2.45, 2.75) is 227 Å². The summed E-state index contributed by atoms with van der Waals surface area (Å²) in [7, 11) is 0. The highest BCUT2D eigenvalue weighted by atomic mass is 16.6. The molecule has 6 heteroatoms. The molecule has 0 unspecified atom stereocenters. The first-order valence-electron chi connectivity index (χ1n) is 21.1. The molecule has 0 heterocycles. The zero-order valence-electron chi connectivity index (χ0n) is 33.5. The third kappa shape index (κ3) is 37.5. The van der Waals surface area contributed by atoms with E-state index in [1.54, 1.807) is 0 Å². The molecule has 0 saturated carbocycles. The van der Waals surface area contributed by atoms with E-state index in [-0.39, 0.29) is 31.1 Å². The van der Waals surface area contributed by atoms with Crippen LogP contribution in [0.25, 0.3) is 0 Å². The van der Waals surface area contributed by atoms with E-state index in [0.717, 1.165) is 75.5 Å². The number of carbonyl (C=O) groups excluding carboxylic acids is 3. The summed E-state index contributed by atoms with van der Waals surface area (Å²) in [6.07, 6.45) is 29.7. The van der Waals surface area contributed by atoms with Gasteiger partial charge in [0.1, 0.15) is 13.2 Å². The van der Waals surface area contributed by atoms with Crippen molar-refractivity contribution in [1.82, 2.24) is 0 Å². The van der Waals surface area contributed by atoms with E-state index in [2.05, 4.69) is 41.5 Å². The average molecular weight is 695 g/mol. The lowest BCUT2D eigenvalue weighted by Gasteiger charge is -2.18. The van der Waals surface area contributed by atoms with Gasteiger partial charge in [-0.05, 0) is 37.0 Å². The van der Waals surface area contributed by atoms with E-state index in [1.165, 1.54) is 103 Å². The predicted molar refractivity (Wildman–Crippen MR) is 206 cm³/mol. The first-order valence-corrected chi connectivity index (χ1v) is 21.1. The highest BCUT2D eigenvalue weighted by Gasteiger charge is 2.19. The molecular formula is C43H82O6. The quantitative estimate of drug-likeness (QED) is 0.0369. The average Bonchev–Trinajstić information content (AvgIpc) is 3.04. The molecular weight excluding hydrogens is 612 g/mol. The van der Waals surface area contributed by atoms with Gasteiger partial charge in [-0.1, -0.05) is 183 Å². The number of carbonyl (C=O) groups is 3. The lowest BCUT2D eigenvalue weighted by atomic mass is 10.0. The maximum absolute atomic E-state index is 12.6. The van der Waals surface area contributed by atoms with Crippen molar-refractivity contribution < 1.29 is 28.6 Å². The van der Waals surface area contributed by atoms with E-state index in [1.807, 2.05) is 0 Å². The first-order chi connectivity index (χ1) is 23.6. The first kappa shape index (κ1) is 47.4. The lowest BCUT2D eigenvalue weighted by molar-refractivity contribution is -0.167. The van der Waals surface area contributed by atoms with Crippen molar-refractivity contribution in [3.63, 3.8) is 0 Å². The SMILES string of the molecule is CC(C)CCCCCCCCCCCCC(=O)OC[C@@H](COC(=O)CCCCCCCCC(C)C)OC(=O)CCCCCCCCC(C)C. The molecule has 0 amide bonds. The Hall–Kier alpha value is -1.59. The van der Waals surface area contributed by atoms with Gasteiger partial charge >= 0.3 is 17.9 Å². The van der Waals surface area contributed by atoms with Crippen LogP contribution < -0.4 is 0 Å². The molecule has 0 spiro atoms. The van der Waals surface area contributed by atoms with Gasteiger partial charge in [0.15, 0.2) is 6.10 Å². The molecule has 0 aromatic heterocycles. The second-order valence-electron chi connectivity index (χ2n) is 16.1. The summed E-state index contributed by atoms with van der Waals surface area (Å²) in [6.45, 7) is 13.5. The summed E-state index contributed by atoms with van der Waals surface area (Å²) in [4.78, 5) is 37.5. The highest BCUT2D eigenvalue weighted by Crippen LogP contribution is 2.16. The van der Waals surface area contributed by atoms with E-state index in [9.17, 15) is 14.4 Å². The summed E-state index contributed by atoms with van der Waals surface area (Å²) in [5.41, 5.74) is 0. The largest absolute Gasteiger partial charge is 0.462 e. The molecule has 0 aliphatic rings. The molecule has 0 aliphatic carbocycles. The van der Waals surface area contributed by atoms with Crippen LogP contribution in [0.5, 0.6) is 0 Å². The fourth-order valence-corrected chi connectivity index (χ4v) is 6.17. The minimum atomic E-state index is -0.761. The predicted octanol–water partition coefficient (Wildman–Crippen LogP) is 12.9. The standard InChI is InChI=1S/C43H82O6/c1-37(2)29-23-17-11-9-7-8-10-12-20-26-32-41(44)47-35-40(49-43(46)34-28-22-16-14-19-25-31-39(5)6)36-48-42(45)33-27-21-15-13-18-24-30-38(3)4/h37-40H,7-36H2,1-6H3/t40-/m0/s1. The second kappa shape index (κ2) is 34.8. The molecule has 1 atom stereocenters. The topological polar surface area (TPSA) is 78.9 Å². The van der Waals surface area contributed by atoms with Gasteiger partial charge < -0.3 is 14.2 Å². The smallest absolute Gasteiger partial charge is 0.306 e. The maximum Gasteiger partial charge on any atom is 0.306 e.